The molecule has 0 aliphatic carbocycles. The van der Waals surface area contributed by atoms with Gasteiger partial charge in [0.2, 0.25) is 5.91 Å². The summed E-state index contributed by atoms with van der Waals surface area (Å²) >= 11 is 1.20. The number of phenols is 1. The zero-order valence-corrected chi connectivity index (χ0v) is 13.9. The molecule has 0 aromatic heterocycles. The Kier molecular flexibility index (Phi) is 6.41. The number of para-hydroxylation sites is 1. The van der Waals surface area contributed by atoms with E-state index in [9.17, 15) is 19.5 Å². The number of hydrogen-bond donors (Lipinski definition) is 3. The molecule has 0 heterocycles. The van der Waals surface area contributed by atoms with Crippen LogP contribution in [0.1, 0.15) is 10.4 Å². The lowest BCUT2D eigenvalue weighted by molar-refractivity contribution is -0.119. The molecule has 2 aromatic carbocycles. The molecule has 2 amide bonds. The second-order valence-electron chi connectivity index (χ2n) is 4.92. The molecule has 0 unspecified atom stereocenters. The highest BCUT2D eigenvalue weighted by Crippen LogP contribution is 2.26. The van der Waals surface area contributed by atoms with Crippen molar-refractivity contribution >= 4 is 35.2 Å². The summed E-state index contributed by atoms with van der Waals surface area (Å²) in [6.07, 6.45) is 0. The van der Waals surface area contributed by atoms with Gasteiger partial charge >= 0.3 is 5.97 Å². The van der Waals surface area contributed by atoms with E-state index in [1.165, 1.54) is 36.0 Å². The molecule has 130 valence electrons. The number of aromatic hydroxyl groups is 1. The second kappa shape index (κ2) is 8.74. The lowest BCUT2D eigenvalue weighted by Gasteiger charge is -2.10. The standard InChI is InChI=1S/C17H16N2O5S/c18-15(21)10-25-14-4-2-1-3-13(14)19-16(22)9-24-17(23)11-5-7-12(20)8-6-11/h1-8,20H,9-10H2,(H2,18,21)(H,19,22). The van der Waals surface area contributed by atoms with E-state index in [0.717, 1.165) is 0 Å². The maximum absolute atomic E-state index is 12.0. The molecule has 0 radical (unpaired) electrons. The van der Waals surface area contributed by atoms with Crippen LogP contribution < -0.4 is 11.1 Å². The number of hydrogen-bond acceptors (Lipinski definition) is 6. The molecule has 4 N–H and O–H groups in total. The van der Waals surface area contributed by atoms with Gasteiger partial charge in [0.25, 0.3) is 5.91 Å². The number of phenolic OH excluding ortho intramolecular Hbond substituents is 1. The number of thioether (sulfide) groups is 1. The predicted octanol–water partition coefficient (Wildman–Crippen LogP) is 1.77. The number of nitrogens with one attached hydrogen (secondary N) is 1. The summed E-state index contributed by atoms with van der Waals surface area (Å²) < 4.78 is 4.93. The van der Waals surface area contributed by atoms with Crippen LogP contribution in [0, 0.1) is 0 Å². The first-order valence-corrected chi connectivity index (χ1v) is 8.20. The molecular formula is C17H16N2O5S. The minimum Gasteiger partial charge on any atom is -0.508 e. The maximum Gasteiger partial charge on any atom is 0.338 e. The van der Waals surface area contributed by atoms with E-state index in [4.69, 9.17) is 10.5 Å². The topological polar surface area (TPSA) is 119 Å². The van der Waals surface area contributed by atoms with Crippen LogP contribution in [-0.4, -0.2) is 35.2 Å². The van der Waals surface area contributed by atoms with Gasteiger partial charge in [-0.05, 0) is 36.4 Å². The number of carbonyl (C=O) groups is 3. The van der Waals surface area contributed by atoms with E-state index in [-0.39, 0.29) is 17.1 Å². The average Bonchev–Trinajstić information content (AvgIpc) is 2.59. The van der Waals surface area contributed by atoms with Crippen LogP contribution in [0.5, 0.6) is 5.75 Å². The number of anilines is 1. The van der Waals surface area contributed by atoms with Gasteiger partial charge in [-0.15, -0.1) is 11.8 Å². The Morgan fingerprint density at radius 3 is 2.44 bits per heavy atom. The van der Waals surface area contributed by atoms with Crippen molar-refractivity contribution in [1.82, 2.24) is 0 Å². The van der Waals surface area contributed by atoms with Crippen LogP contribution >= 0.6 is 11.8 Å². The third-order valence-corrected chi connectivity index (χ3v) is 4.06. The molecule has 2 rings (SSSR count). The van der Waals surface area contributed by atoms with Crippen molar-refractivity contribution in [2.45, 2.75) is 4.90 Å². The van der Waals surface area contributed by atoms with E-state index < -0.39 is 24.4 Å². The van der Waals surface area contributed by atoms with Crippen molar-refractivity contribution in [3.8, 4) is 5.75 Å². The van der Waals surface area contributed by atoms with Crippen molar-refractivity contribution < 1.29 is 24.2 Å². The van der Waals surface area contributed by atoms with E-state index >= 15 is 0 Å². The molecule has 0 fully saturated rings. The average molecular weight is 360 g/mol. The number of rotatable bonds is 7. The van der Waals surface area contributed by atoms with Gasteiger partial charge < -0.3 is 20.9 Å². The number of nitrogens with two attached hydrogens (primary N) is 1. The molecule has 0 aliphatic heterocycles. The lowest BCUT2D eigenvalue weighted by Crippen LogP contribution is -2.21. The summed E-state index contributed by atoms with van der Waals surface area (Å²) in [6, 6.07) is 12.4. The van der Waals surface area contributed by atoms with Crippen molar-refractivity contribution in [3.05, 3.63) is 54.1 Å². The number of ether oxygens (including phenoxy) is 1. The zero-order valence-electron chi connectivity index (χ0n) is 13.1. The molecule has 0 atom stereocenters. The Labute approximate surface area is 148 Å². The largest absolute Gasteiger partial charge is 0.508 e. The van der Waals surface area contributed by atoms with E-state index in [1.807, 2.05) is 0 Å². The Balaban J connectivity index is 1.91. The van der Waals surface area contributed by atoms with Crippen molar-refractivity contribution in [2.24, 2.45) is 5.73 Å². The van der Waals surface area contributed by atoms with Crippen LogP contribution in [0.4, 0.5) is 5.69 Å². The Morgan fingerprint density at radius 2 is 1.76 bits per heavy atom. The molecule has 0 saturated carbocycles. The number of carbonyl (C=O) groups excluding carboxylic acids is 3. The number of primary amides is 1. The highest BCUT2D eigenvalue weighted by Gasteiger charge is 2.12. The fourth-order valence-electron chi connectivity index (χ4n) is 1.84. The molecule has 0 saturated heterocycles. The Hall–Kier alpha value is -3.00. The summed E-state index contributed by atoms with van der Waals surface area (Å²) in [6.45, 7) is -0.464. The summed E-state index contributed by atoms with van der Waals surface area (Å²) in [4.78, 5) is 35.3. The van der Waals surface area contributed by atoms with Crippen molar-refractivity contribution in [2.75, 3.05) is 17.7 Å². The van der Waals surface area contributed by atoms with Crippen LogP contribution in [0.3, 0.4) is 0 Å². The van der Waals surface area contributed by atoms with Crippen LogP contribution in [0.2, 0.25) is 0 Å². The fourth-order valence-corrected chi connectivity index (χ4v) is 2.59. The number of benzene rings is 2. The Morgan fingerprint density at radius 1 is 1.08 bits per heavy atom. The van der Waals surface area contributed by atoms with E-state index in [2.05, 4.69) is 5.32 Å². The van der Waals surface area contributed by atoms with Crippen molar-refractivity contribution in [3.63, 3.8) is 0 Å². The SMILES string of the molecule is NC(=O)CSc1ccccc1NC(=O)COC(=O)c1ccc(O)cc1. The van der Waals surface area contributed by atoms with Crippen LogP contribution in [0.15, 0.2) is 53.4 Å². The van der Waals surface area contributed by atoms with E-state index in [0.29, 0.717) is 10.6 Å². The molecule has 0 bridgehead atoms. The quantitative estimate of drug-likeness (QED) is 0.511. The minimum absolute atomic E-state index is 0.0272. The van der Waals surface area contributed by atoms with Crippen LogP contribution in [-0.2, 0) is 14.3 Å². The maximum atomic E-state index is 12.0. The second-order valence-corrected chi connectivity index (χ2v) is 5.94. The summed E-state index contributed by atoms with van der Waals surface area (Å²) in [5, 5.41) is 11.8. The first-order chi connectivity index (χ1) is 12.0. The van der Waals surface area contributed by atoms with Gasteiger partial charge in [0.05, 0.1) is 17.0 Å². The van der Waals surface area contributed by atoms with Gasteiger partial charge in [-0.3, -0.25) is 9.59 Å². The molecular weight excluding hydrogens is 344 g/mol. The highest BCUT2D eigenvalue weighted by molar-refractivity contribution is 8.00. The van der Waals surface area contributed by atoms with Crippen LogP contribution in [0.25, 0.3) is 0 Å². The summed E-state index contributed by atoms with van der Waals surface area (Å²) in [5.74, 6) is -1.54. The third kappa shape index (κ3) is 5.85. The van der Waals surface area contributed by atoms with Gasteiger partial charge in [-0.2, -0.15) is 0 Å². The molecule has 2 aromatic rings. The lowest BCUT2D eigenvalue weighted by atomic mass is 10.2. The molecule has 25 heavy (non-hydrogen) atoms. The summed E-state index contributed by atoms with van der Waals surface area (Å²) in [5.41, 5.74) is 5.84. The van der Waals surface area contributed by atoms with Crippen molar-refractivity contribution in [1.29, 1.82) is 0 Å². The first-order valence-electron chi connectivity index (χ1n) is 7.22. The Bertz CT molecular complexity index is 777. The highest BCUT2D eigenvalue weighted by atomic mass is 32.2. The first kappa shape index (κ1) is 18.3. The van der Waals surface area contributed by atoms with Gasteiger partial charge in [-0.25, -0.2) is 4.79 Å². The predicted molar refractivity (Wildman–Crippen MR) is 93.4 cm³/mol. The third-order valence-electron chi connectivity index (χ3n) is 2.97. The van der Waals surface area contributed by atoms with Gasteiger partial charge in [-0.1, -0.05) is 12.1 Å². The molecule has 0 aliphatic rings. The normalized spacial score (nSPS) is 10.1. The molecule has 8 heteroatoms. The minimum atomic E-state index is -0.675. The zero-order chi connectivity index (χ0) is 18.2. The fraction of sp³-hybridized carbons (Fsp3) is 0.118. The number of amides is 2. The number of esters is 1. The van der Waals surface area contributed by atoms with Gasteiger partial charge in [0.1, 0.15) is 5.75 Å². The molecule has 0 spiro atoms. The van der Waals surface area contributed by atoms with Gasteiger partial charge in [0.15, 0.2) is 6.61 Å². The molecule has 7 nitrogen and oxygen atoms in total. The smallest absolute Gasteiger partial charge is 0.338 e. The van der Waals surface area contributed by atoms with E-state index in [1.54, 1.807) is 24.3 Å². The van der Waals surface area contributed by atoms with Gasteiger partial charge in [0, 0.05) is 4.90 Å². The monoisotopic (exact) mass is 360 g/mol. The summed E-state index contributed by atoms with van der Waals surface area (Å²) in [7, 11) is 0.